The predicted molar refractivity (Wildman–Crippen MR) is 120 cm³/mol. The van der Waals surface area contributed by atoms with Crippen molar-refractivity contribution in [1.82, 2.24) is 20.9 Å². The maximum Gasteiger partial charge on any atom is 0.251 e. The second kappa shape index (κ2) is 12.8. The summed E-state index contributed by atoms with van der Waals surface area (Å²) in [5.41, 5.74) is 6.53. The van der Waals surface area contributed by atoms with Crippen molar-refractivity contribution in [3.05, 3.63) is 35.4 Å². The molecule has 0 aromatic heterocycles. The molecule has 0 radical (unpaired) electrons. The van der Waals surface area contributed by atoms with Crippen molar-refractivity contribution in [3.8, 4) is 0 Å². The summed E-state index contributed by atoms with van der Waals surface area (Å²) in [6.45, 7) is 9.97. The molecule has 5 N–H and O–H groups in total. The summed E-state index contributed by atoms with van der Waals surface area (Å²) in [5.74, 6) is 0.781. The maximum absolute atomic E-state index is 11.9. The number of amides is 2. The molecule has 0 atom stereocenters. The van der Waals surface area contributed by atoms with Crippen LogP contribution in [0, 0.1) is 5.92 Å². The zero-order valence-corrected chi connectivity index (χ0v) is 18.2. The van der Waals surface area contributed by atoms with Crippen LogP contribution in [0.3, 0.4) is 0 Å². The summed E-state index contributed by atoms with van der Waals surface area (Å²) in [7, 11) is 0. The number of nitrogens with two attached hydrogens (primary N) is 1. The molecule has 0 saturated carbocycles. The van der Waals surface area contributed by atoms with Gasteiger partial charge in [-0.2, -0.15) is 0 Å². The fourth-order valence-corrected chi connectivity index (χ4v) is 3.34. The molecule has 8 nitrogen and oxygen atoms in total. The molecule has 1 saturated heterocycles. The molecule has 0 spiro atoms. The van der Waals surface area contributed by atoms with Gasteiger partial charge in [0.2, 0.25) is 5.91 Å². The van der Waals surface area contributed by atoms with Gasteiger partial charge in [0, 0.05) is 18.7 Å². The molecule has 2 amide bonds. The number of aliphatic imine (C=N–C) groups is 1. The van der Waals surface area contributed by atoms with Crippen LogP contribution < -0.4 is 21.7 Å². The Labute approximate surface area is 179 Å². The zero-order chi connectivity index (χ0) is 21.8. The first-order valence-electron chi connectivity index (χ1n) is 10.9. The number of hydrogen-bond donors (Lipinski definition) is 4. The highest BCUT2D eigenvalue weighted by Gasteiger charge is 2.14. The van der Waals surface area contributed by atoms with Crippen molar-refractivity contribution in [2.75, 3.05) is 39.3 Å². The third-order valence-electron chi connectivity index (χ3n) is 5.22. The lowest BCUT2D eigenvalue weighted by Crippen LogP contribution is -2.39. The smallest absolute Gasteiger partial charge is 0.251 e. The van der Waals surface area contributed by atoms with E-state index in [2.05, 4.69) is 32.8 Å². The Kier molecular flexibility index (Phi) is 10.1. The number of carbonyl (C=O) groups is 2. The summed E-state index contributed by atoms with van der Waals surface area (Å²) in [6.07, 6.45) is 3.71. The van der Waals surface area contributed by atoms with Crippen molar-refractivity contribution in [3.63, 3.8) is 0 Å². The van der Waals surface area contributed by atoms with E-state index < -0.39 is 5.91 Å². The summed E-state index contributed by atoms with van der Waals surface area (Å²) >= 11 is 0. The summed E-state index contributed by atoms with van der Waals surface area (Å²) < 4.78 is 0. The van der Waals surface area contributed by atoms with E-state index in [1.165, 1.54) is 25.9 Å². The van der Waals surface area contributed by atoms with Gasteiger partial charge in [-0.1, -0.05) is 19.1 Å². The molecule has 1 aliphatic rings. The van der Waals surface area contributed by atoms with Gasteiger partial charge in [0.25, 0.3) is 5.91 Å². The minimum absolute atomic E-state index is 0.167. The van der Waals surface area contributed by atoms with Crippen LogP contribution in [-0.4, -0.2) is 61.9 Å². The number of hydrogen-bond acceptors (Lipinski definition) is 4. The Bertz CT molecular complexity index is 696. The summed E-state index contributed by atoms with van der Waals surface area (Å²) in [4.78, 5) is 29.9. The largest absolute Gasteiger partial charge is 0.368 e. The van der Waals surface area contributed by atoms with E-state index in [4.69, 9.17) is 5.73 Å². The van der Waals surface area contributed by atoms with E-state index in [0.717, 1.165) is 43.5 Å². The fraction of sp³-hybridized carbons (Fsp3) is 0.591. The molecule has 0 bridgehead atoms. The van der Waals surface area contributed by atoms with Gasteiger partial charge >= 0.3 is 0 Å². The molecule has 1 fully saturated rings. The molecule has 1 aromatic carbocycles. The minimum atomic E-state index is -0.566. The number of benzene rings is 1. The Balaban J connectivity index is 1.76. The van der Waals surface area contributed by atoms with Gasteiger partial charge in [0.1, 0.15) is 0 Å². The molecule has 0 unspecified atom stereocenters. The highest BCUT2D eigenvalue weighted by atomic mass is 16.2. The molecular weight excluding hydrogens is 380 g/mol. The Morgan fingerprint density at radius 2 is 1.83 bits per heavy atom. The topological polar surface area (TPSA) is 112 Å². The van der Waals surface area contributed by atoms with Crippen LogP contribution in [0.4, 0.5) is 0 Å². The summed E-state index contributed by atoms with van der Waals surface area (Å²) in [5, 5.41) is 9.15. The van der Waals surface area contributed by atoms with Crippen molar-refractivity contribution in [2.45, 2.75) is 39.7 Å². The van der Waals surface area contributed by atoms with Crippen LogP contribution >= 0.6 is 0 Å². The molecule has 8 heteroatoms. The van der Waals surface area contributed by atoms with E-state index >= 15 is 0 Å². The molecule has 1 aromatic rings. The van der Waals surface area contributed by atoms with Crippen LogP contribution in [-0.2, 0) is 11.3 Å². The van der Waals surface area contributed by atoms with Crippen LogP contribution in [0.1, 0.15) is 49.0 Å². The fourth-order valence-electron chi connectivity index (χ4n) is 3.34. The second-order valence-corrected chi connectivity index (χ2v) is 7.85. The van der Waals surface area contributed by atoms with Gasteiger partial charge in [-0.15, -0.1) is 0 Å². The Morgan fingerprint density at radius 3 is 2.47 bits per heavy atom. The average Bonchev–Trinajstić information content (AvgIpc) is 2.74. The van der Waals surface area contributed by atoms with E-state index in [1.54, 1.807) is 12.1 Å². The Hall–Kier alpha value is -2.61. The van der Waals surface area contributed by atoms with Gasteiger partial charge in [-0.3, -0.25) is 9.59 Å². The first kappa shape index (κ1) is 23.7. The van der Waals surface area contributed by atoms with E-state index in [9.17, 15) is 9.59 Å². The molecule has 1 aliphatic heterocycles. The van der Waals surface area contributed by atoms with E-state index in [-0.39, 0.29) is 12.5 Å². The predicted octanol–water partition coefficient (Wildman–Crippen LogP) is 1.08. The number of primary amides is 1. The van der Waals surface area contributed by atoms with Gasteiger partial charge < -0.3 is 26.6 Å². The van der Waals surface area contributed by atoms with Gasteiger partial charge in [0.05, 0.1) is 13.1 Å². The third-order valence-corrected chi connectivity index (χ3v) is 5.22. The molecule has 1 heterocycles. The lowest BCUT2D eigenvalue weighted by molar-refractivity contribution is -0.117. The average molecular weight is 417 g/mol. The zero-order valence-electron chi connectivity index (χ0n) is 18.2. The lowest BCUT2D eigenvalue weighted by Gasteiger charge is -2.30. The van der Waals surface area contributed by atoms with Crippen LogP contribution in [0.2, 0.25) is 0 Å². The van der Waals surface area contributed by atoms with Crippen LogP contribution in [0.25, 0.3) is 0 Å². The number of carbonyl (C=O) groups excluding carboxylic acids is 2. The van der Waals surface area contributed by atoms with Crippen LogP contribution in [0.15, 0.2) is 29.3 Å². The third kappa shape index (κ3) is 8.82. The monoisotopic (exact) mass is 416 g/mol. The molecule has 0 aliphatic carbocycles. The number of nitrogens with zero attached hydrogens (tertiary/aromatic N) is 2. The maximum atomic E-state index is 11.9. The van der Waals surface area contributed by atoms with Gasteiger partial charge in [-0.05, 0) is 69.4 Å². The van der Waals surface area contributed by atoms with Crippen molar-refractivity contribution in [1.29, 1.82) is 0 Å². The second-order valence-electron chi connectivity index (χ2n) is 7.85. The Morgan fingerprint density at radius 1 is 1.13 bits per heavy atom. The molecule has 166 valence electrons. The van der Waals surface area contributed by atoms with Gasteiger partial charge in [0.15, 0.2) is 5.96 Å². The number of likely N-dealkylation sites (tertiary alicyclic amines) is 1. The van der Waals surface area contributed by atoms with Crippen molar-refractivity contribution >= 4 is 17.8 Å². The van der Waals surface area contributed by atoms with Crippen LogP contribution in [0.5, 0.6) is 0 Å². The number of nitrogens with one attached hydrogen (secondary N) is 3. The normalized spacial score (nSPS) is 15.6. The number of guanidine groups is 1. The lowest BCUT2D eigenvalue weighted by atomic mass is 9.99. The first-order valence-corrected chi connectivity index (χ1v) is 10.9. The van der Waals surface area contributed by atoms with Crippen molar-refractivity contribution in [2.24, 2.45) is 16.6 Å². The molecule has 30 heavy (non-hydrogen) atoms. The first-order chi connectivity index (χ1) is 14.5. The minimum Gasteiger partial charge on any atom is -0.368 e. The standard InChI is InChI=1S/C22H36N6O2/c1-3-24-22(25-11-4-12-28-13-9-17(2)10-14-28)27-15-18-5-7-19(8-6-18)21(30)26-16-20(23)29/h5-8,17H,3-4,9-16H2,1-2H3,(H2,23,29)(H,26,30)(H2,24,25,27). The highest BCUT2D eigenvalue weighted by molar-refractivity contribution is 5.96. The van der Waals surface area contributed by atoms with Gasteiger partial charge in [-0.25, -0.2) is 4.99 Å². The van der Waals surface area contributed by atoms with Crippen molar-refractivity contribution < 1.29 is 9.59 Å². The quantitative estimate of drug-likeness (QED) is 0.259. The van der Waals surface area contributed by atoms with E-state index in [0.29, 0.717) is 12.1 Å². The van der Waals surface area contributed by atoms with E-state index in [1.807, 2.05) is 19.1 Å². The number of piperidine rings is 1. The molecule has 2 rings (SSSR count). The number of rotatable bonds is 10. The highest BCUT2D eigenvalue weighted by Crippen LogP contribution is 2.15. The SMILES string of the molecule is CCNC(=NCc1ccc(C(=O)NCC(N)=O)cc1)NCCCN1CCC(C)CC1. The molecular formula is C22H36N6O2. The summed E-state index contributed by atoms with van der Waals surface area (Å²) in [6, 6.07) is 7.18.